The van der Waals surface area contributed by atoms with Crippen LogP contribution in [-0.2, 0) is 12.7 Å². The van der Waals surface area contributed by atoms with Crippen LogP contribution < -0.4 is 14.8 Å². The van der Waals surface area contributed by atoms with Crippen molar-refractivity contribution in [2.24, 2.45) is 0 Å². The fourth-order valence-corrected chi connectivity index (χ4v) is 3.38. The van der Waals surface area contributed by atoms with Crippen LogP contribution in [0.15, 0.2) is 48.5 Å². The van der Waals surface area contributed by atoms with Gasteiger partial charge in [-0.2, -0.15) is 13.2 Å². The first-order chi connectivity index (χ1) is 16.0. The minimum atomic E-state index is -4.76. The molecular formula is C22H16Cl2F4N2O4. The fourth-order valence-electron chi connectivity index (χ4n) is 2.93. The van der Waals surface area contributed by atoms with Gasteiger partial charge in [0.15, 0.2) is 11.5 Å². The Balaban J connectivity index is 1.91. The molecule has 3 aromatic carbocycles. The summed E-state index contributed by atoms with van der Waals surface area (Å²) >= 11 is 12.1. The third kappa shape index (κ3) is 6.00. The molecule has 0 amide bonds. The minimum absolute atomic E-state index is 0.00841. The average molecular weight is 519 g/mol. The van der Waals surface area contributed by atoms with Gasteiger partial charge in [-0.15, -0.1) is 0 Å². The van der Waals surface area contributed by atoms with Crippen molar-refractivity contribution in [2.75, 3.05) is 11.9 Å². The second-order valence-corrected chi connectivity index (χ2v) is 7.67. The molecule has 0 fully saturated rings. The van der Waals surface area contributed by atoms with Gasteiger partial charge < -0.3 is 14.8 Å². The monoisotopic (exact) mass is 518 g/mol. The lowest BCUT2D eigenvalue weighted by atomic mass is 10.1. The third-order valence-corrected chi connectivity index (χ3v) is 5.05. The number of hydrogen-bond acceptors (Lipinski definition) is 5. The number of rotatable bonds is 8. The van der Waals surface area contributed by atoms with E-state index in [1.165, 1.54) is 24.3 Å². The Hall–Kier alpha value is -3.24. The zero-order valence-electron chi connectivity index (χ0n) is 17.4. The number of nitrogens with zero attached hydrogens (tertiary/aromatic N) is 1. The van der Waals surface area contributed by atoms with Crippen molar-refractivity contribution in [1.82, 2.24) is 0 Å². The number of benzene rings is 3. The second-order valence-electron chi connectivity index (χ2n) is 6.86. The van der Waals surface area contributed by atoms with Crippen LogP contribution in [0, 0.1) is 15.9 Å². The molecule has 0 aliphatic heterocycles. The molecular weight excluding hydrogens is 503 g/mol. The Morgan fingerprint density at radius 3 is 2.38 bits per heavy atom. The number of nitrogens with one attached hydrogen (secondary N) is 1. The Bertz CT molecular complexity index is 1220. The maximum Gasteiger partial charge on any atom is 0.416 e. The molecule has 0 aliphatic carbocycles. The van der Waals surface area contributed by atoms with Gasteiger partial charge in [0.1, 0.15) is 5.82 Å². The molecule has 0 saturated carbocycles. The van der Waals surface area contributed by atoms with E-state index in [1.54, 1.807) is 13.0 Å². The Labute approximate surface area is 201 Å². The first kappa shape index (κ1) is 25.4. The molecule has 0 atom stereocenters. The molecule has 1 N–H and O–H groups in total. The van der Waals surface area contributed by atoms with Crippen LogP contribution in [-0.4, -0.2) is 11.5 Å². The second kappa shape index (κ2) is 10.4. The molecule has 0 bridgehead atoms. The molecule has 180 valence electrons. The number of anilines is 1. The van der Waals surface area contributed by atoms with Crippen LogP contribution in [0.1, 0.15) is 18.1 Å². The largest absolute Gasteiger partial charge is 0.490 e. The number of halogens is 6. The summed E-state index contributed by atoms with van der Waals surface area (Å²) in [4.78, 5) is 10.4. The van der Waals surface area contributed by atoms with Gasteiger partial charge in [-0.1, -0.05) is 23.2 Å². The van der Waals surface area contributed by atoms with Crippen LogP contribution in [0.4, 0.5) is 28.9 Å². The molecule has 0 aromatic heterocycles. The lowest BCUT2D eigenvalue weighted by Gasteiger charge is -2.16. The van der Waals surface area contributed by atoms with Crippen LogP contribution in [0.25, 0.3) is 0 Å². The van der Waals surface area contributed by atoms with Gasteiger partial charge in [0.05, 0.1) is 27.1 Å². The highest BCUT2D eigenvalue weighted by molar-refractivity contribution is 6.32. The van der Waals surface area contributed by atoms with Crippen LogP contribution in [0.5, 0.6) is 17.2 Å². The molecule has 34 heavy (non-hydrogen) atoms. The van der Waals surface area contributed by atoms with Crippen molar-refractivity contribution in [3.05, 3.63) is 85.6 Å². The van der Waals surface area contributed by atoms with E-state index >= 15 is 0 Å². The van der Waals surface area contributed by atoms with Gasteiger partial charge in [0.2, 0.25) is 5.75 Å². The first-order valence-electron chi connectivity index (χ1n) is 9.67. The topological polar surface area (TPSA) is 73.6 Å². The SMILES string of the molecule is CCOc1cc(CNc2ccc(F)c(Cl)c2)cc(Cl)c1Oc1ccc(C(F)(F)F)cc1[N+](=O)[O-]. The zero-order valence-corrected chi connectivity index (χ0v) is 18.9. The van der Waals surface area contributed by atoms with Gasteiger partial charge in [-0.05, 0) is 55.0 Å². The lowest BCUT2D eigenvalue weighted by Crippen LogP contribution is -2.06. The van der Waals surface area contributed by atoms with E-state index in [9.17, 15) is 27.7 Å². The Morgan fingerprint density at radius 1 is 1.03 bits per heavy atom. The predicted octanol–water partition coefficient (Wildman–Crippen LogP) is 7.86. The van der Waals surface area contributed by atoms with Gasteiger partial charge in [-0.25, -0.2) is 4.39 Å². The average Bonchev–Trinajstić information content (AvgIpc) is 2.76. The standard InChI is InChI=1S/C22H16Cl2F4N2O4/c1-2-33-20-8-12(11-29-14-4-5-17(25)15(23)10-14)7-16(24)21(20)34-19-6-3-13(22(26,27)28)9-18(19)30(31)32/h3-10,29H,2,11H2,1H3. The van der Waals surface area contributed by atoms with Gasteiger partial charge in [0, 0.05) is 18.3 Å². The van der Waals surface area contributed by atoms with Crippen molar-refractivity contribution in [3.63, 3.8) is 0 Å². The molecule has 0 radical (unpaired) electrons. The van der Waals surface area contributed by atoms with Crippen molar-refractivity contribution in [3.8, 4) is 17.2 Å². The Kier molecular flexibility index (Phi) is 7.73. The summed E-state index contributed by atoms with van der Waals surface area (Å²) in [7, 11) is 0. The number of hydrogen-bond donors (Lipinski definition) is 1. The maximum atomic E-state index is 13.3. The zero-order chi connectivity index (χ0) is 25.0. The van der Waals surface area contributed by atoms with E-state index in [-0.39, 0.29) is 34.7 Å². The van der Waals surface area contributed by atoms with Crippen molar-refractivity contribution >= 4 is 34.6 Å². The highest BCUT2D eigenvalue weighted by atomic mass is 35.5. The van der Waals surface area contributed by atoms with Gasteiger partial charge in [0.25, 0.3) is 0 Å². The number of ether oxygens (including phenoxy) is 2. The predicted molar refractivity (Wildman–Crippen MR) is 120 cm³/mol. The quantitative estimate of drug-likeness (QED) is 0.186. The van der Waals surface area contributed by atoms with E-state index in [4.69, 9.17) is 32.7 Å². The molecule has 3 rings (SSSR count). The summed E-state index contributed by atoms with van der Waals surface area (Å²) in [5.74, 6) is -0.974. The molecule has 0 heterocycles. The number of nitro groups is 1. The maximum absolute atomic E-state index is 13.3. The summed E-state index contributed by atoms with van der Waals surface area (Å²) in [5, 5.41) is 14.3. The summed E-state index contributed by atoms with van der Waals surface area (Å²) < 4.78 is 63.3. The molecule has 0 aliphatic rings. The summed E-state index contributed by atoms with van der Waals surface area (Å²) in [5.41, 5.74) is -0.915. The third-order valence-electron chi connectivity index (χ3n) is 4.48. The summed E-state index contributed by atoms with van der Waals surface area (Å²) in [6, 6.07) is 9.05. The van der Waals surface area contributed by atoms with Crippen molar-refractivity contribution in [1.29, 1.82) is 0 Å². The van der Waals surface area contributed by atoms with E-state index < -0.39 is 33.9 Å². The smallest absolute Gasteiger partial charge is 0.416 e. The number of nitro benzene ring substituents is 1. The molecule has 0 saturated heterocycles. The van der Waals surface area contributed by atoms with E-state index in [0.717, 1.165) is 6.07 Å². The summed E-state index contributed by atoms with van der Waals surface area (Å²) in [6.07, 6.45) is -4.76. The molecule has 0 spiro atoms. The molecule has 12 heteroatoms. The van der Waals surface area contributed by atoms with Gasteiger partial charge >= 0.3 is 11.9 Å². The minimum Gasteiger partial charge on any atom is -0.490 e. The highest BCUT2D eigenvalue weighted by Gasteiger charge is 2.33. The first-order valence-corrected chi connectivity index (χ1v) is 10.4. The van der Waals surface area contributed by atoms with Crippen LogP contribution >= 0.6 is 23.2 Å². The van der Waals surface area contributed by atoms with Crippen LogP contribution in [0.3, 0.4) is 0 Å². The highest BCUT2D eigenvalue weighted by Crippen LogP contribution is 2.43. The van der Waals surface area contributed by atoms with Crippen LogP contribution in [0.2, 0.25) is 10.0 Å². The lowest BCUT2D eigenvalue weighted by molar-refractivity contribution is -0.385. The Morgan fingerprint density at radius 2 is 1.76 bits per heavy atom. The molecule has 0 unspecified atom stereocenters. The molecule has 6 nitrogen and oxygen atoms in total. The van der Waals surface area contributed by atoms with E-state index in [2.05, 4.69) is 5.32 Å². The van der Waals surface area contributed by atoms with Crippen molar-refractivity contribution in [2.45, 2.75) is 19.6 Å². The van der Waals surface area contributed by atoms with Crippen molar-refractivity contribution < 1.29 is 32.0 Å². The normalized spacial score (nSPS) is 11.3. The number of alkyl halides is 3. The summed E-state index contributed by atoms with van der Waals surface area (Å²) in [6.45, 7) is 2.10. The molecule has 3 aromatic rings. The fraction of sp³-hybridized carbons (Fsp3) is 0.182. The van der Waals surface area contributed by atoms with E-state index in [0.29, 0.717) is 23.4 Å². The van der Waals surface area contributed by atoms with Gasteiger partial charge in [-0.3, -0.25) is 10.1 Å². The van der Waals surface area contributed by atoms with E-state index in [1.807, 2.05) is 0 Å².